The molecule has 104 valence electrons. The maximum atomic E-state index is 11.9. The first-order valence-corrected chi connectivity index (χ1v) is 6.43. The highest BCUT2D eigenvalue weighted by Gasteiger charge is 2.33. The summed E-state index contributed by atoms with van der Waals surface area (Å²) in [4.78, 5) is 14.3. The number of hydrogen-bond acceptors (Lipinski definition) is 4. The van der Waals surface area contributed by atoms with Crippen LogP contribution < -0.4 is 11.1 Å². The third-order valence-electron chi connectivity index (χ3n) is 3.47. The Kier molecular flexibility index (Phi) is 4.95. The van der Waals surface area contributed by atoms with Gasteiger partial charge >= 0.3 is 0 Å². The number of rotatable bonds is 7. The van der Waals surface area contributed by atoms with Gasteiger partial charge in [0.1, 0.15) is 5.41 Å². The maximum absolute atomic E-state index is 11.9. The van der Waals surface area contributed by atoms with Gasteiger partial charge in [-0.25, -0.2) is 0 Å². The minimum absolute atomic E-state index is 0.0745. The molecule has 0 heterocycles. The number of nitrogens with one attached hydrogen (secondary N) is 1. The molecule has 1 saturated carbocycles. The number of carbonyl (C=O) groups excluding carboxylic acids is 1. The van der Waals surface area contributed by atoms with E-state index >= 15 is 0 Å². The van der Waals surface area contributed by atoms with Gasteiger partial charge in [-0.2, -0.15) is 0 Å². The first kappa shape index (κ1) is 14.8. The van der Waals surface area contributed by atoms with Crippen LogP contribution in [-0.2, 0) is 4.79 Å². The zero-order valence-corrected chi connectivity index (χ0v) is 11.4. The van der Waals surface area contributed by atoms with Crippen molar-refractivity contribution >= 4 is 11.7 Å². The summed E-state index contributed by atoms with van der Waals surface area (Å²) in [6, 6.07) is 0.698. The lowest BCUT2D eigenvalue weighted by atomic mass is 9.91. The third kappa shape index (κ3) is 3.60. The van der Waals surface area contributed by atoms with Crippen LogP contribution in [0.1, 0.15) is 33.6 Å². The molecule has 0 bridgehead atoms. The van der Waals surface area contributed by atoms with Crippen molar-refractivity contribution in [1.29, 1.82) is 0 Å². The van der Waals surface area contributed by atoms with E-state index in [0.29, 0.717) is 12.6 Å². The number of nitrogens with zero attached hydrogens (tertiary/aromatic N) is 2. The van der Waals surface area contributed by atoms with Crippen LogP contribution in [-0.4, -0.2) is 47.5 Å². The highest BCUT2D eigenvalue weighted by molar-refractivity contribution is 6.05. The minimum atomic E-state index is -0.981. The molecule has 18 heavy (non-hydrogen) atoms. The van der Waals surface area contributed by atoms with E-state index in [4.69, 9.17) is 10.9 Å². The highest BCUT2D eigenvalue weighted by Crippen LogP contribution is 2.25. The molecule has 0 aromatic rings. The van der Waals surface area contributed by atoms with Crippen LogP contribution in [0.4, 0.5) is 0 Å². The summed E-state index contributed by atoms with van der Waals surface area (Å²) in [5.74, 6) is -0.292. The molecule has 1 amide bonds. The third-order valence-corrected chi connectivity index (χ3v) is 3.47. The summed E-state index contributed by atoms with van der Waals surface area (Å²) >= 11 is 0. The van der Waals surface area contributed by atoms with Crippen molar-refractivity contribution in [3.8, 4) is 0 Å². The predicted octanol–water partition coefficient (Wildman–Crippen LogP) is 0.360. The minimum Gasteiger partial charge on any atom is -0.409 e. The van der Waals surface area contributed by atoms with Crippen LogP contribution in [0.5, 0.6) is 0 Å². The molecule has 0 aliphatic heterocycles. The van der Waals surface area contributed by atoms with Gasteiger partial charge in [0.05, 0.1) is 0 Å². The molecule has 4 N–H and O–H groups in total. The molecular weight excluding hydrogens is 232 g/mol. The molecular formula is C12H24N4O2. The second-order valence-corrected chi connectivity index (χ2v) is 5.23. The summed E-state index contributed by atoms with van der Waals surface area (Å²) in [5.41, 5.74) is 4.52. The Labute approximate surface area is 108 Å². The van der Waals surface area contributed by atoms with Gasteiger partial charge in [-0.05, 0) is 33.2 Å². The lowest BCUT2D eigenvalue weighted by Gasteiger charge is -2.24. The van der Waals surface area contributed by atoms with Gasteiger partial charge in [0.15, 0.2) is 5.84 Å². The first-order chi connectivity index (χ1) is 8.43. The first-order valence-electron chi connectivity index (χ1n) is 6.43. The van der Waals surface area contributed by atoms with E-state index in [1.165, 1.54) is 12.8 Å². The Morgan fingerprint density at radius 2 is 2.17 bits per heavy atom. The van der Waals surface area contributed by atoms with Crippen LogP contribution in [0.2, 0.25) is 0 Å². The SMILES string of the molecule is CCN(CCNC(=O)C(C)(C)C(N)=NO)C1CC1. The maximum Gasteiger partial charge on any atom is 0.233 e. The molecule has 1 rings (SSSR count). The average Bonchev–Trinajstić information content (AvgIpc) is 3.17. The number of hydrogen-bond donors (Lipinski definition) is 3. The Balaban J connectivity index is 2.36. The van der Waals surface area contributed by atoms with E-state index in [1.807, 2.05) is 0 Å². The van der Waals surface area contributed by atoms with E-state index in [2.05, 4.69) is 22.3 Å². The molecule has 6 nitrogen and oxygen atoms in total. The van der Waals surface area contributed by atoms with Gasteiger partial charge in [0.2, 0.25) is 5.91 Å². The van der Waals surface area contributed by atoms with E-state index in [9.17, 15) is 4.79 Å². The predicted molar refractivity (Wildman–Crippen MR) is 70.5 cm³/mol. The topological polar surface area (TPSA) is 91.0 Å². The van der Waals surface area contributed by atoms with E-state index < -0.39 is 5.41 Å². The molecule has 0 spiro atoms. The van der Waals surface area contributed by atoms with Gasteiger partial charge in [0, 0.05) is 19.1 Å². The van der Waals surface area contributed by atoms with Gasteiger partial charge in [-0.15, -0.1) is 0 Å². The van der Waals surface area contributed by atoms with Crippen LogP contribution in [0, 0.1) is 5.41 Å². The van der Waals surface area contributed by atoms with E-state index in [-0.39, 0.29) is 11.7 Å². The van der Waals surface area contributed by atoms with Gasteiger partial charge in [-0.1, -0.05) is 12.1 Å². The lowest BCUT2D eigenvalue weighted by molar-refractivity contribution is -0.126. The van der Waals surface area contributed by atoms with Crippen molar-refractivity contribution in [1.82, 2.24) is 10.2 Å². The molecule has 1 fully saturated rings. The molecule has 6 heteroatoms. The zero-order chi connectivity index (χ0) is 13.8. The number of amides is 1. The molecule has 0 radical (unpaired) electrons. The fraction of sp³-hybridized carbons (Fsp3) is 0.833. The number of oxime groups is 1. The monoisotopic (exact) mass is 256 g/mol. The van der Waals surface area contributed by atoms with Gasteiger partial charge < -0.3 is 16.3 Å². The van der Waals surface area contributed by atoms with Crippen molar-refractivity contribution < 1.29 is 10.0 Å². The van der Waals surface area contributed by atoms with E-state index in [1.54, 1.807) is 13.8 Å². The Hall–Kier alpha value is -1.30. The van der Waals surface area contributed by atoms with Gasteiger partial charge in [-0.3, -0.25) is 9.69 Å². The number of amidine groups is 1. The lowest BCUT2D eigenvalue weighted by Crippen LogP contribution is -2.47. The van der Waals surface area contributed by atoms with Crippen molar-refractivity contribution in [2.45, 2.75) is 39.7 Å². The second kappa shape index (κ2) is 6.04. The molecule has 0 saturated heterocycles. The molecule has 1 aliphatic carbocycles. The summed E-state index contributed by atoms with van der Waals surface area (Å²) in [6.45, 7) is 7.83. The standard InChI is InChI=1S/C12H24N4O2/c1-4-16(9-5-6-9)8-7-14-11(17)12(2,3)10(13)15-18/h9,18H,4-8H2,1-3H3,(H2,13,15)(H,14,17). The van der Waals surface area contributed by atoms with Crippen LogP contribution in [0.25, 0.3) is 0 Å². The summed E-state index contributed by atoms with van der Waals surface area (Å²) < 4.78 is 0. The van der Waals surface area contributed by atoms with Crippen LogP contribution in [0.3, 0.4) is 0 Å². The quantitative estimate of drug-likeness (QED) is 0.265. The van der Waals surface area contributed by atoms with Crippen molar-refractivity contribution in [2.75, 3.05) is 19.6 Å². The highest BCUT2D eigenvalue weighted by atomic mass is 16.4. The van der Waals surface area contributed by atoms with Crippen molar-refractivity contribution in [3.05, 3.63) is 0 Å². The molecule has 0 unspecified atom stereocenters. The molecule has 0 atom stereocenters. The number of likely N-dealkylation sites (N-methyl/N-ethyl adjacent to an activating group) is 1. The summed E-state index contributed by atoms with van der Waals surface area (Å²) in [7, 11) is 0. The fourth-order valence-corrected chi connectivity index (χ4v) is 1.81. The Bertz CT molecular complexity index is 324. The normalized spacial score (nSPS) is 17.0. The summed E-state index contributed by atoms with van der Waals surface area (Å²) in [5, 5.41) is 14.4. The second-order valence-electron chi connectivity index (χ2n) is 5.23. The molecule has 0 aromatic carbocycles. The summed E-state index contributed by atoms with van der Waals surface area (Å²) in [6.07, 6.45) is 2.52. The fourth-order valence-electron chi connectivity index (χ4n) is 1.81. The van der Waals surface area contributed by atoms with Crippen molar-refractivity contribution in [2.24, 2.45) is 16.3 Å². The van der Waals surface area contributed by atoms with Crippen LogP contribution in [0.15, 0.2) is 5.16 Å². The molecule has 1 aliphatic rings. The average molecular weight is 256 g/mol. The smallest absolute Gasteiger partial charge is 0.233 e. The number of carbonyl (C=O) groups is 1. The Morgan fingerprint density at radius 1 is 1.56 bits per heavy atom. The largest absolute Gasteiger partial charge is 0.409 e. The Morgan fingerprint density at radius 3 is 2.61 bits per heavy atom. The number of nitrogens with two attached hydrogens (primary N) is 1. The van der Waals surface area contributed by atoms with Gasteiger partial charge in [0.25, 0.3) is 0 Å². The van der Waals surface area contributed by atoms with Crippen LogP contribution >= 0.6 is 0 Å². The van der Waals surface area contributed by atoms with Crippen molar-refractivity contribution in [3.63, 3.8) is 0 Å². The molecule has 0 aromatic heterocycles. The van der Waals surface area contributed by atoms with E-state index in [0.717, 1.165) is 13.1 Å². The zero-order valence-electron chi connectivity index (χ0n) is 11.4.